The standard InChI is InChI=1S/C52H32N4O/c1-4-15-33(16-5-1)43-31-44(34-17-6-2-7-18-34)54-52(53-43)35-19-14-22-37(29-35)55-45-25-12-10-24-40(45)50-46(55)28-27-39-41-30-42-38-23-11-13-26-48(38)57-49(42)32-47(41)56(51(39)50)36-20-8-3-9-21-36/h1-32H. The molecule has 4 heterocycles. The zero-order valence-electron chi connectivity index (χ0n) is 30.7. The first kappa shape index (κ1) is 31.6. The third-order valence-corrected chi connectivity index (χ3v) is 11.3. The number of hydrogen-bond donors (Lipinski definition) is 0. The lowest BCUT2D eigenvalue weighted by molar-refractivity contribution is 0.669. The van der Waals surface area contributed by atoms with Crippen molar-refractivity contribution in [1.29, 1.82) is 0 Å². The zero-order valence-corrected chi connectivity index (χ0v) is 30.7. The Morgan fingerprint density at radius 3 is 1.74 bits per heavy atom. The molecule has 0 bridgehead atoms. The van der Waals surface area contributed by atoms with E-state index in [1.807, 2.05) is 24.3 Å². The molecule has 0 aliphatic carbocycles. The number of benzene rings is 8. The summed E-state index contributed by atoms with van der Waals surface area (Å²) in [6, 6.07) is 68.3. The van der Waals surface area contributed by atoms with Gasteiger partial charge in [0.05, 0.1) is 33.5 Å². The molecule has 8 aromatic carbocycles. The Kier molecular flexibility index (Phi) is 6.86. The predicted octanol–water partition coefficient (Wildman–Crippen LogP) is 13.6. The first-order valence-corrected chi connectivity index (χ1v) is 19.2. The summed E-state index contributed by atoms with van der Waals surface area (Å²) in [5, 5.41) is 7.03. The van der Waals surface area contributed by atoms with Gasteiger partial charge in [0, 0.05) is 66.4 Å². The highest BCUT2D eigenvalue weighted by molar-refractivity contribution is 6.27. The van der Waals surface area contributed by atoms with Crippen molar-refractivity contribution >= 4 is 65.6 Å². The van der Waals surface area contributed by atoms with Gasteiger partial charge in [-0.1, -0.05) is 133 Å². The fraction of sp³-hybridized carbons (Fsp3) is 0. The van der Waals surface area contributed by atoms with Crippen molar-refractivity contribution in [3.8, 4) is 45.3 Å². The quantitative estimate of drug-likeness (QED) is 0.177. The molecule has 0 unspecified atom stereocenters. The number of fused-ring (bicyclic) bond motifs is 10. The third-order valence-electron chi connectivity index (χ3n) is 11.3. The first-order chi connectivity index (χ1) is 28.3. The fourth-order valence-electron chi connectivity index (χ4n) is 8.77. The van der Waals surface area contributed by atoms with Crippen LogP contribution in [-0.2, 0) is 0 Å². The topological polar surface area (TPSA) is 48.8 Å². The van der Waals surface area contributed by atoms with Crippen LogP contribution in [0.1, 0.15) is 0 Å². The van der Waals surface area contributed by atoms with Gasteiger partial charge in [-0.05, 0) is 54.6 Å². The second-order valence-corrected chi connectivity index (χ2v) is 14.6. The molecule has 0 N–H and O–H groups in total. The van der Waals surface area contributed by atoms with Crippen LogP contribution in [0.15, 0.2) is 199 Å². The molecule has 0 aliphatic rings. The molecule has 0 spiro atoms. The SMILES string of the molecule is c1ccc(-c2cc(-c3ccccc3)nc(-c3cccc(-n4c5ccccc5c5c4ccc4c6cc7c(cc6n(-c6ccccc6)c45)oc4ccccc47)c3)n2)cc1. The monoisotopic (exact) mass is 728 g/mol. The summed E-state index contributed by atoms with van der Waals surface area (Å²) in [5.41, 5.74) is 13.3. The maximum Gasteiger partial charge on any atom is 0.160 e. The molecule has 0 saturated carbocycles. The van der Waals surface area contributed by atoms with Crippen LogP contribution in [0.2, 0.25) is 0 Å². The molecule has 4 aromatic heterocycles. The van der Waals surface area contributed by atoms with Gasteiger partial charge in [0.15, 0.2) is 5.82 Å². The summed E-state index contributed by atoms with van der Waals surface area (Å²) in [7, 11) is 0. The smallest absolute Gasteiger partial charge is 0.160 e. The van der Waals surface area contributed by atoms with E-state index in [2.05, 4.69) is 179 Å². The summed E-state index contributed by atoms with van der Waals surface area (Å²) in [4.78, 5) is 10.3. The minimum absolute atomic E-state index is 0.682. The Morgan fingerprint density at radius 1 is 0.351 bits per heavy atom. The molecule has 57 heavy (non-hydrogen) atoms. The van der Waals surface area contributed by atoms with E-state index in [4.69, 9.17) is 14.4 Å². The van der Waals surface area contributed by atoms with Crippen molar-refractivity contribution in [2.24, 2.45) is 0 Å². The Hall–Kier alpha value is -7.76. The van der Waals surface area contributed by atoms with Gasteiger partial charge in [-0.3, -0.25) is 0 Å². The minimum atomic E-state index is 0.682. The van der Waals surface area contributed by atoms with Crippen LogP contribution in [0.25, 0.3) is 111 Å². The number of para-hydroxylation sites is 3. The van der Waals surface area contributed by atoms with Crippen LogP contribution < -0.4 is 0 Å². The van der Waals surface area contributed by atoms with Crippen LogP contribution in [0.3, 0.4) is 0 Å². The van der Waals surface area contributed by atoms with Crippen molar-refractivity contribution in [2.75, 3.05) is 0 Å². The van der Waals surface area contributed by atoms with Gasteiger partial charge in [0.2, 0.25) is 0 Å². The van der Waals surface area contributed by atoms with E-state index >= 15 is 0 Å². The summed E-state index contributed by atoms with van der Waals surface area (Å²) in [5.74, 6) is 0.682. The van der Waals surface area contributed by atoms with E-state index < -0.39 is 0 Å². The molecule has 0 radical (unpaired) electrons. The van der Waals surface area contributed by atoms with Gasteiger partial charge in [0.1, 0.15) is 11.2 Å². The number of hydrogen-bond acceptors (Lipinski definition) is 3. The van der Waals surface area contributed by atoms with E-state index in [0.717, 1.165) is 77.9 Å². The van der Waals surface area contributed by atoms with Gasteiger partial charge in [0.25, 0.3) is 0 Å². The molecule has 0 fully saturated rings. The highest BCUT2D eigenvalue weighted by Crippen LogP contribution is 2.44. The van der Waals surface area contributed by atoms with Gasteiger partial charge >= 0.3 is 0 Å². The Bertz CT molecular complexity index is 3450. The number of nitrogens with zero attached hydrogens (tertiary/aromatic N) is 4. The van der Waals surface area contributed by atoms with Gasteiger partial charge in [-0.25, -0.2) is 9.97 Å². The highest BCUT2D eigenvalue weighted by atomic mass is 16.3. The van der Waals surface area contributed by atoms with Crippen LogP contribution in [0.5, 0.6) is 0 Å². The minimum Gasteiger partial charge on any atom is -0.456 e. The summed E-state index contributed by atoms with van der Waals surface area (Å²) in [6.07, 6.45) is 0. The molecule has 0 aliphatic heterocycles. The number of rotatable bonds is 5. The van der Waals surface area contributed by atoms with Crippen LogP contribution >= 0.6 is 0 Å². The van der Waals surface area contributed by atoms with Crippen molar-refractivity contribution in [2.45, 2.75) is 0 Å². The first-order valence-electron chi connectivity index (χ1n) is 19.2. The molecular formula is C52H32N4O. The molecule has 0 amide bonds. The van der Waals surface area contributed by atoms with Gasteiger partial charge < -0.3 is 13.6 Å². The van der Waals surface area contributed by atoms with Crippen LogP contribution in [0.4, 0.5) is 0 Å². The molecule has 12 aromatic rings. The van der Waals surface area contributed by atoms with E-state index in [-0.39, 0.29) is 0 Å². The maximum atomic E-state index is 6.45. The van der Waals surface area contributed by atoms with Crippen molar-refractivity contribution in [3.05, 3.63) is 194 Å². The lowest BCUT2D eigenvalue weighted by Crippen LogP contribution is -1.98. The average Bonchev–Trinajstić information content (AvgIpc) is 3.93. The zero-order chi connectivity index (χ0) is 37.5. The predicted molar refractivity (Wildman–Crippen MR) is 234 cm³/mol. The number of furan rings is 1. The third kappa shape index (κ3) is 4.89. The molecule has 266 valence electrons. The molecule has 0 saturated heterocycles. The van der Waals surface area contributed by atoms with Crippen molar-refractivity contribution < 1.29 is 4.42 Å². The normalized spacial score (nSPS) is 11.9. The molecule has 12 rings (SSSR count). The number of aromatic nitrogens is 4. The highest BCUT2D eigenvalue weighted by Gasteiger charge is 2.23. The van der Waals surface area contributed by atoms with Crippen molar-refractivity contribution in [1.82, 2.24) is 19.1 Å². The maximum absolute atomic E-state index is 6.45. The largest absolute Gasteiger partial charge is 0.456 e. The van der Waals surface area contributed by atoms with Crippen LogP contribution in [0, 0.1) is 0 Å². The van der Waals surface area contributed by atoms with Crippen molar-refractivity contribution in [3.63, 3.8) is 0 Å². The molecular weight excluding hydrogens is 697 g/mol. The van der Waals surface area contributed by atoms with E-state index in [1.165, 1.54) is 27.1 Å². The molecule has 0 atom stereocenters. The second-order valence-electron chi connectivity index (χ2n) is 14.6. The Labute approximate surface area is 327 Å². The molecule has 5 nitrogen and oxygen atoms in total. The van der Waals surface area contributed by atoms with E-state index in [1.54, 1.807) is 0 Å². The van der Waals surface area contributed by atoms with Crippen LogP contribution in [-0.4, -0.2) is 19.1 Å². The van der Waals surface area contributed by atoms with Gasteiger partial charge in [-0.15, -0.1) is 0 Å². The van der Waals surface area contributed by atoms with Gasteiger partial charge in [-0.2, -0.15) is 0 Å². The summed E-state index contributed by atoms with van der Waals surface area (Å²) in [6.45, 7) is 0. The average molecular weight is 729 g/mol. The second kappa shape index (κ2) is 12.4. The van der Waals surface area contributed by atoms with E-state index in [9.17, 15) is 0 Å². The Balaban J connectivity index is 1.12. The lowest BCUT2D eigenvalue weighted by atomic mass is 10.1. The summed E-state index contributed by atoms with van der Waals surface area (Å²) < 4.78 is 11.3. The van der Waals surface area contributed by atoms with E-state index in [0.29, 0.717) is 5.82 Å². The summed E-state index contributed by atoms with van der Waals surface area (Å²) >= 11 is 0. The molecule has 5 heteroatoms. The Morgan fingerprint density at radius 2 is 0.982 bits per heavy atom. The lowest BCUT2D eigenvalue weighted by Gasteiger charge is -2.12. The fourth-order valence-corrected chi connectivity index (χ4v) is 8.77.